The second-order valence-corrected chi connectivity index (χ2v) is 4.18. The van der Waals surface area contributed by atoms with Crippen molar-refractivity contribution in [2.24, 2.45) is 0 Å². The molecule has 3 rings (SSSR count). The molecule has 104 valence electrons. The normalized spacial score (nSPS) is 10.3. The Morgan fingerprint density at radius 3 is 2.71 bits per heavy atom. The molecule has 0 aliphatic rings. The van der Waals surface area contributed by atoms with Crippen LogP contribution < -0.4 is 0 Å². The van der Waals surface area contributed by atoms with E-state index in [0.29, 0.717) is 28.5 Å². The molecule has 0 fully saturated rings. The van der Waals surface area contributed by atoms with Crippen molar-refractivity contribution in [1.29, 1.82) is 0 Å². The molecule has 6 nitrogen and oxygen atoms in total. The highest BCUT2D eigenvalue weighted by Crippen LogP contribution is 2.24. The van der Waals surface area contributed by atoms with E-state index in [2.05, 4.69) is 15.1 Å². The molecule has 2 heterocycles. The van der Waals surface area contributed by atoms with Crippen LogP contribution >= 0.6 is 0 Å². The van der Waals surface area contributed by atoms with Gasteiger partial charge in [-0.15, -0.1) is 0 Å². The van der Waals surface area contributed by atoms with Crippen LogP contribution in [0.5, 0.6) is 0 Å². The number of esters is 1. The summed E-state index contributed by atoms with van der Waals surface area (Å²) in [4.78, 5) is 20.2. The molecule has 0 aliphatic heterocycles. The Morgan fingerprint density at radius 2 is 1.95 bits per heavy atom. The van der Waals surface area contributed by atoms with Crippen LogP contribution in [0, 0.1) is 0 Å². The van der Waals surface area contributed by atoms with E-state index < -0.39 is 5.97 Å². The van der Waals surface area contributed by atoms with Crippen molar-refractivity contribution in [2.75, 3.05) is 7.11 Å². The third-order valence-corrected chi connectivity index (χ3v) is 2.88. The van der Waals surface area contributed by atoms with E-state index in [-0.39, 0.29) is 0 Å². The Morgan fingerprint density at radius 1 is 1.14 bits per heavy atom. The highest BCUT2D eigenvalue weighted by molar-refractivity contribution is 5.96. The zero-order valence-electron chi connectivity index (χ0n) is 11.2. The molecule has 0 atom stereocenters. The van der Waals surface area contributed by atoms with Crippen LogP contribution in [-0.4, -0.2) is 28.2 Å². The van der Waals surface area contributed by atoms with E-state index in [4.69, 9.17) is 9.26 Å². The smallest absolute Gasteiger partial charge is 0.338 e. The second kappa shape index (κ2) is 5.54. The lowest BCUT2D eigenvalue weighted by molar-refractivity contribution is 0.0601. The summed E-state index contributed by atoms with van der Waals surface area (Å²) in [5.74, 6) is 0.164. The zero-order chi connectivity index (χ0) is 14.7. The van der Waals surface area contributed by atoms with Gasteiger partial charge in [-0.1, -0.05) is 29.4 Å². The van der Waals surface area contributed by atoms with E-state index in [1.807, 2.05) is 6.07 Å². The SMILES string of the molecule is COC(=O)c1ccccc1-c1noc(-c2ccccn2)n1. The number of pyridine rings is 1. The summed E-state index contributed by atoms with van der Waals surface area (Å²) in [6.45, 7) is 0. The molecule has 0 N–H and O–H groups in total. The Bertz CT molecular complexity index is 769. The van der Waals surface area contributed by atoms with Gasteiger partial charge in [-0.25, -0.2) is 4.79 Å². The second-order valence-electron chi connectivity index (χ2n) is 4.18. The maximum atomic E-state index is 11.8. The monoisotopic (exact) mass is 281 g/mol. The van der Waals surface area contributed by atoms with Gasteiger partial charge >= 0.3 is 5.97 Å². The third kappa shape index (κ3) is 2.51. The molecular weight excluding hydrogens is 270 g/mol. The first-order valence-corrected chi connectivity index (χ1v) is 6.22. The fraction of sp³-hybridized carbons (Fsp3) is 0.0667. The Balaban J connectivity index is 2.03. The van der Waals surface area contributed by atoms with Crippen LogP contribution in [0.4, 0.5) is 0 Å². The Kier molecular flexibility index (Phi) is 3.42. The van der Waals surface area contributed by atoms with Crippen molar-refractivity contribution in [2.45, 2.75) is 0 Å². The minimum absolute atomic E-state index is 0.297. The summed E-state index contributed by atoms with van der Waals surface area (Å²) in [6.07, 6.45) is 1.64. The molecule has 0 unspecified atom stereocenters. The van der Waals surface area contributed by atoms with Crippen LogP contribution in [0.3, 0.4) is 0 Å². The fourth-order valence-electron chi connectivity index (χ4n) is 1.89. The summed E-state index contributed by atoms with van der Waals surface area (Å²) in [7, 11) is 1.33. The molecule has 0 saturated carbocycles. The summed E-state index contributed by atoms with van der Waals surface area (Å²) in [6, 6.07) is 12.3. The maximum Gasteiger partial charge on any atom is 0.338 e. The standard InChI is InChI=1S/C15H11N3O3/c1-20-15(19)11-7-3-2-6-10(11)13-17-14(21-18-13)12-8-4-5-9-16-12/h2-9H,1H3. The van der Waals surface area contributed by atoms with Crippen LogP contribution in [0.2, 0.25) is 0 Å². The lowest BCUT2D eigenvalue weighted by Crippen LogP contribution is -2.03. The first-order chi connectivity index (χ1) is 10.3. The topological polar surface area (TPSA) is 78.1 Å². The van der Waals surface area contributed by atoms with Crippen molar-refractivity contribution in [3.05, 3.63) is 54.2 Å². The molecule has 0 spiro atoms. The number of hydrogen-bond acceptors (Lipinski definition) is 6. The molecular formula is C15H11N3O3. The number of nitrogens with zero attached hydrogens (tertiary/aromatic N) is 3. The zero-order valence-corrected chi connectivity index (χ0v) is 11.2. The number of ether oxygens (including phenoxy) is 1. The van der Waals surface area contributed by atoms with Gasteiger partial charge in [0, 0.05) is 11.8 Å². The van der Waals surface area contributed by atoms with Gasteiger partial charge in [-0.05, 0) is 18.2 Å². The van der Waals surface area contributed by atoms with Gasteiger partial charge < -0.3 is 9.26 Å². The number of methoxy groups -OCH3 is 1. The first-order valence-electron chi connectivity index (χ1n) is 6.22. The molecule has 6 heteroatoms. The van der Waals surface area contributed by atoms with Gasteiger partial charge in [0.15, 0.2) is 0 Å². The highest BCUT2D eigenvalue weighted by atomic mass is 16.5. The quantitative estimate of drug-likeness (QED) is 0.687. The molecule has 0 radical (unpaired) electrons. The van der Waals surface area contributed by atoms with Crippen molar-refractivity contribution in [1.82, 2.24) is 15.1 Å². The molecule has 0 aliphatic carbocycles. The lowest BCUT2D eigenvalue weighted by Gasteiger charge is -2.03. The van der Waals surface area contributed by atoms with Gasteiger partial charge in [0.1, 0.15) is 5.69 Å². The van der Waals surface area contributed by atoms with Gasteiger partial charge in [-0.2, -0.15) is 4.98 Å². The van der Waals surface area contributed by atoms with Crippen molar-refractivity contribution in [3.63, 3.8) is 0 Å². The van der Waals surface area contributed by atoms with E-state index in [9.17, 15) is 4.79 Å². The van der Waals surface area contributed by atoms with E-state index in [1.165, 1.54) is 7.11 Å². The van der Waals surface area contributed by atoms with Gasteiger partial charge in [0.2, 0.25) is 5.82 Å². The molecule has 1 aromatic carbocycles. The number of carbonyl (C=O) groups excluding carboxylic acids is 1. The van der Waals surface area contributed by atoms with Crippen molar-refractivity contribution in [3.8, 4) is 23.0 Å². The van der Waals surface area contributed by atoms with Crippen molar-refractivity contribution >= 4 is 5.97 Å². The predicted octanol–water partition coefficient (Wildman–Crippen LogP) is 2.59. The maximum absolute atomic E-state index is 11.8. The van der Waals surface area contributed by atoms with E-state index in [0.717, 1.165) is 0 Å². The summed E-state index contributed by atoms with van der Waals surface area (Å²) in [5, 5.41) is 3.91. The van der Waals surface area contributed by atoms with Crippen molar-refractivity contribution < 1.29 is 14.1 Å². The first kappa shape index (κ1) is 13.0. The van der Waals surface area contributed by atoms with Gasteiger partial charge in [0.25, 0.3) is 5.89 Å². The van der Waals surface area contributed by atoms with E-state index >= 15 is 0 Å². The van der Waals surface area contributed by atoms with Gasteiger partial charge in [0.05, 0.1) is 12.7 Å². The average Bonchev–Trinajstić information content (AvgIpc) is 3.05. The van der Waals surface area contributed by atoms with Crippen LogP contribution in [-0.2, 0) is 4.74 Å². The predicted molar refractivity (Wildman–Crippen MR) is 74.3 cm³/mol. The van der Waals surface area contributed by atoms with Crippen LogP contribution in [0.15, 0.2) is 53.2 Å². The highest BCUT2D eigenvalue weighted by Gasteiger charge is 2.18. The Labute approximate surface area is 120 Å². The number of carbonyl (C=O) groups is 1. The lowest BCUT2D eigenvalue weighted by atomic mass is 10.1. The van der Waals surface area contributed by atoms with E-state index in [1.54, 1.807) is 42.6 Å². The molecule has 0 bridgehead atoms. The molecule has 2 aromatic heterocycles. The third-order valence-electron chi connectivity index (χ3n) is 2.88. The number of rotatable bonds is 3. The molecule has 0 amide bonds. The molecule has 3 aromatic rings. The largest absolute Gasteiger partial charge is 0.465 e. The number of hydrogen-bond donors (Lipinski definition) is 0. The van der Waals surface area contributed by atoms with Crippen LogP contribution in [0.25, 0.3) is 23.0 Å². The average molecular weight is 281 g/mol. The minimum Gasteiger partial charge on any atom is -0.465 e. The summed E-state index contributed by atoms with van der Waals surface area (Å²) >= 11 is 0. The number of aromatic nitrogens is 3. The molecule has 0 saturated heterocycles. The number of benzene rings is 1. The summed E-state index contributed by atoms with van der Waals surface area (Å²) < 4.78 is 9.95. The van der Waals surface area contributed by atoms with Gasteiger partial charge in [-0.3, -0.25) is 4.98 Å². The minimum atomic E-state index is -0.449. The summed E-state index contributed by atoms with van der Waals surface area (Å²) in [5.41, 5.74) is 1.51. The fourth-order valence-corrected chi connectivity index (χ4v) is 1.89. The Hall–Kier alpha value is -3.02. The molecule has 21 heavy (non-hydrogen) atoms. The van der Waals surface area contributed by atoms with Crippen LogP contribution in [0.1, 0.15) is 10.4 Å².